The van der Waals surface area contributed by atoms with E-state index in [1.165, 1.54) is 6.07 Å². The molecule has 2 aliphatic heterocycles. The first-order chi connectivity index (χ1) is 12.5. The molecule has 2 unspecified atom stereocenters. The molecule has 2 fully saturated rings. The number of likely N-dealkylation sites (N-methyl/N-ethyl adjacent to an activating group) is 1. The number of carbonyl (C=O) groups excluding carboxylic acids is 1. The number of nitrogens with zero attached hydrogens (tertiary/aromatic N) is 3. The highest BCUT2D eigenvalue weighted by atomic mass is 19.1. The van der Waals surface area contributed by atoms with Gasteiger partial charge in [0.25, 0.3) is 0 Å². The van der Waals surface area contributed by atoms with Gasteiger partial charge in [0.2, 0.25) is 5.91 Å². The van der Waals surface area contributed by atoms with Crippen LogP contribution in [0, 0.1) is 5.82 Å². The second-order valence-electron chi connectivity index (χ2n) is 7.18. The quantitative estimate of drug-likeness (QED) is 0.864. The number of carboxylic acid groups (broad SMARTS) is 1. The number of carboxylic acids is 1. The van der Waals surface area contributed by atoms with E-state index >= 15 is 0 Å². The van der Waals surface area contributed by atoms with Crippen molar-refractivity contribution in [2.45, 2.75) is 37.8 Å². The van der Waals surface area contributed by atoms with Crippen LogP contribution in [-0.2, 0) is 9.59 Å². The van der Waals surface area contributed by atoms with E-state index in [0.717, 1.165) is 32.4 Å². The Labute approximate surface area is 153 Å². The third-order valence-corrected chi connectivity index (χ3v) is 5.50. The van der Waals surface area contributed by atoms with Gasteiger partial charge < -0.3 is 10.0 Å². The van der Waals surface area contributed by atoms with Crippen molar-refractivity contribution in [1.82, 2.24) is 9.80 Å². The van der Waals surface area contributed by atoms with E-state index in [1.807, 2.05) is 11.9 Å². The molecule has 6 nitrogen and oxygen atoms in total. The van der Waals surface area contributed by atoms with Gasteiger partial charge >= 0.3 is 5.97 Å². The topological polar surface area (TPSA) is 64.1 Å². The maximum atomic E-state index is 14.0. The van der Waals surface area contributed by atoms with Gasteiger partial charge in [-0.25, -0.2) is 4.39 Å². The van der Waals surface area contributed by atoms with Gasteiger partial charge in [-0.1, -0.05) is 12.1 Å². The van der Waals surface area contributed by atoms with Crippen molar-refractivity contribution < 1.29 is 19.1 Å². The number of rotatable bonds is 5. The van der Waals surface area contributed by atoms with E-state index in [1.54, 1.807) is 23.1 Å². The van der Waals surface area contributed by atoms with Crippen molar-refractivity contribution in [3.05, 3.63) is 30.1 Å². The van der Waals surface area contributed by atoms with Crippen molar-refractivity contribution in [3.8, 4) is 0 Å². The van der Waals surface area contributed by atoms with Crippen LogP contribution in [-0.4, -0.2) is 72.1 Å². The van der Waals surface area contributed by atoms with Crippen molar-refractivity contribution in [2.75, 3.05) is 38.1 Å². The minimum atomic E-state index is -0.819. The summed E-state index contributed by atoms with van der Waals surface area (Å²) in [5.74, 6) is -1.22. The summed E-state index contributed by atoms with van der Waals surface area (Å²) in [5.41, 5.74) is 0.355. The average Bonchev–Trinajstić information content (AvgIpc) is 2.82. The van der Waals surface area contributed by atoms with Crippen LogP contribution < -0.4 is 4.90 Å². The number of aliphatic carboxylic acids is 1. The highest BCUT2D eigenvalue weighted by Gasteiger charge is 2.38. The number of anilines is 1. The molecule has 0 radical (unpaired) electrons. The monoisotopic (exact) mass is 363 g/mol. The average molecular weight is 363 g/mol. The molecule has 0 spiro atoms. The van der Waals surface area contributed by atoms with Crippen LogP contribution in [0.4, 0.5) is 10.1 Å². The molecule has 0 aliphatic carbocycles. The van der Waals surface area contributed by atoms with Crippen molar-refractivity contribution in [3.63, 3.8) is 0 Å². The minimum absolute atomic E-state index is 0.0348. The Balaban J connectivity index is 1.63. The number of para-hydroxylation sites is 1. The van der Waals surface area contributed by atoms with Crippen LogP contribution in [0.15, 0.2) is 24.3 Å². The molecule has 1 aromatic rings. The number of halogens is 1. The van der Waals surface area contributed by atoms with Gasteiger partial charge in [0.15, 0.2) is 0 Å². The normalized spacial score (nSPS) is 24.9. The Hall–Kier alpha value is -1.99. The van der Waals surface area contributed by atoms with E-state index in [4.69, 9.17) is 5.11 Å². The first kappa shape index (κ1) is 18.8. The van der Waals surface area contributed by atoms with Crippen LogP contribution in [0.1, 0.15) is 25.7 Å². The lowest BCUT2D eigenvalue weighted by molar-refractivity contribution is -0.138. The van der Waals surface area contributed by atoms with Crippen molar-refractivity contribution >= 4 is 17.6 Å². The number of amides is 1. The Morgan fingerprint density at radius 1 is 1.23 bits per heavy atom. The first-order valence-electron chi connectivity index (χ1n) is 9.19. The molecule has 2 atom stereocenters. The lowest BCUT2D eigenvalue weighted by Gasteiger charge is -2.28. The molecule has 142 valence electrons. The molecule has 7 heteroatoms. The van der Waals surface area contributed by atoms with Crippen LogP contribution in [0.25, 0.3) is 0 Å². The summed E-state index contributed by atoms with van der Waals surface area (Å²) in [6.07, 6.45) is 3.40. The third-order valence-electron chi connectivity index (χ3n) is 5.50. The summed E-state index contributed by atoms with van der Waals surface area (Å²) in [6, 6.07) is 6.40. The molecular weight excluding hydrogens is 337 g/mol. The number of carbonyl (C=O) groups is 2. The second-order valence-corrected chi connectivity index (χ2v) is 7.18. The summed E-state index contributed by atoms with van der Waals surface area (Å²) >= 11 is 0. The van der Waals surface area contributed by atoms with Gasteiger partial charge in [-0.2, -0.15) is 0 Å². The molecule has 3 rings (SSSR count). The molecule has 26 heavy (non-hydrogen) atoms. The third kappa shape index (κ3) is 4.04. The van der Waals surface area contributed by atoms with Crippen LogP contribution in [0.5, 0.6) is 0 Å². The molecule has 0 saturated carbocycles. The Kier molecular flexibility index (Phi) is 5.88. The molecule has 1 amide bonds. The van der Waals surface area contributed by atoms with Crippen molar-refractivity contribution in [2.24, 2.45) is 0 Å². The molecule has 1 N–H and O–H groups in total. The van der Waals surface area contributed by atoms with Crippen molar-refractivity contribution in [1.29, 1.82) is 0 Å². The fraction of sp³-hybridized carbons (Fsp3) is 0.579. The van der Waals surface area contributed by atoms with Gasteiger partial charge in [0.05, 0.1) is 18.3 Å². The fourth-order valence-electron chi connectivity index (χ4n) is 4.11. The number of likely N-dealkylation sites (tertiary alicyclic amines) is 1. The maximum absolute atomic E-state index is 14.0. The molecule has 1 aromatic carbocycles. The second kappa shape index (κ2) is 8.14. The van der Waals surface area contributed by atoms with Gasteiger partial charge in [0.1, 0.15) is 5.82 Å². The van der Waals surface area contributed by atoms with Gasteiger partial charge in [0, 0.05) is 19.1 Å². The predicted molar refractivity (Wildman–Crippen MR) is 96.6 cm³/mol. The molecule has 0 aromatic heterocycles. The lowest BCUT2D eigenvalue weighted by atomic mass is 10.1. The summed E-state index contributed by atoms with van der Waals surface area (Å²) in [6.45, 7) is 2.15. The Bertz CT molecular complexity index is 669. The van der Waals surface area contributed by atoms with Gasteiger partial charge in [-0.05, 0) is 51.4 Å². The molecular formula is C19H26FN3O3. The Morgan fingerprint density at radius 3 is 2.73 bits per heavy atom. The predicted octanol–water partition coefficient (Wildman–Crippen LogP) is 1.80. The fourth-order valence-corrected chi connectivity index (χ4v) is 4.11. The molecule has 2 saturated heterocycles. The SMILES string of the molecule is CN(CC(=O)O)C1CCCN(C2CCN(c3ccccc3F)C2=O)CC1. The maximum Gasteiger partial charge on any atom is 0.317 e. The van der Waals surface area contributed by atoms with E-state index < -0.39 is 5.97 Å². The van der Waals surface area contributed by atoms with Gasteiger partial charge in [-0.3, -0.25) is 19.4 Å². The van der Waals surface area contributed by atoms with Crippen LogP contribution >= 0.6 is 0 Å². The van der Waals surface area contributed by atoms with E-state index in [9.17, 15) is 14.0 Å². The highest BCUT2D eigenvalue weighted by molar-refractivity contribution is 5.99. The minimum Gasteiger partial charge on any atom is -0.480 e. The lowest BCUT2D eigenvalue weighted by Crippen LogP contribution is -2.43. The molecule has 2 aliphatic rings. The summed E-state index contributed by atoms with van der Waals surface area (Å²) in [4.78, 5) is 29.4. The zero-order chi connectivity index (χ0) is 18.7. The summed E-state index contributed by atoms with van der Waals surface area (Å²) in [7, 11) is 1.84. The largest absolute Gasteiger partial charge is 0.480 e. The highest BCUT2D eigenvalue weighted by Crippen LogP contribution is 2.28. The Morgan fingerprint density at radius 2 is 2.00 bits per heavy atom. The van der Waals surface area contributed by atoms with Gasteiger partial charge in [-0.15, -0.1) is 0 Å². The van der Waals surface area contributed by atoms with E-state index in [0.29, 0.717) is 18.7 Å². The van der Waals surface area contributed by atoms with E-state index in [-0.39, 0.29) is 30.4 Å². The standard InChI is InChI=1S/C19H26FN3O3/c1-21(13-18(24)25)14-5-4-10-22(11-8-14)17-9-12-23(19(17)26)16-7-3-2-6-15(16)20/h2-3,6-7,14,17H,4-5,8-13H2,1H3,(H,24,25). The number of benzene rings is 1. The zero-order valence-electron chi connectivity index (χ0n) is 15.1. The zero-order valence-corrected chi connectivity index (χ0v) is 15.1. The smallest absolute Gasteiger partial charge is 0.317 e. The molecule has 0 bridgehead atoms. The van der Waals surface area contributed by atoms with Crippen LogP contribution in [0.3, 0.4) is 0 Å². The van der Waals surface area contributed by atoms with Crippen LogP contribution in [0.2, 0.25) is 0 Å². The number of hydrogen-bond acceptors (Lipinski definition) is 4. The number of hydrogen-bond donors (Lipinski definition) is 1. The molecule has 2 heterocycles. The summed E-state index contributed by atoms with van der Waals surface area (Å²) < 4.78 is 14.0. The first-order valence-corrected chi connectivity index (χ1v) is 9.19. The van der Waals surface area contributed by atoms with E-state index in [2.05, 4.69) is 4.90 Å². The summed E-state index contributed by atoms with van der Waals surface area (Å²) in [5, 5.41) is 8.97.